The summed E-state index contributed by atoms with van der Waals surface area (Å²) >= 11 is 5.82. The number of hydrogen-bond acceptors (Lipinski definition) is 3. The molecule has 0 atom stereocenters. The topological polar surface area (TPSA) is 55.4 Å². The Labute approximate surface area is 168 Å². The Kier molecular flexibility index (Phi) is 6.25. The van der Waals surface area contributed by atoms with Gasteiger partial charge in [-0.15, -0.1) is 0 Å². The van der Waals surface area contributed by atoms with Crippen LogP contribution >= 0.6 is 11.6 Å². The molecule has 3 aromatic carbocycles. The van der Waals surface area contributed by atoms with Gasteiger partial charge in [0, 0.05) is 22.3 Å². The summed E-state index contributed by atoms with van der Waals surface area (Å²) < 4.78 is 5.24. The molecule has 0 spiro atoms. The van der Waals surface area contributed by atoms with Crippen molar-refractivity contribution in [2.24, 2.45) is 0 Å². The second-order valence-electron chi connectivity index (χ2n) is 6.15. The van der Waals surface area contributed by atoms with Crippen molar-refractivity contribution in [3.63, 3.8) is 0 Å². The number of halogens is 1. The van der Waals surface area contributed by atoms with Crippen molar-refractivity contribution in [2.45, 2.75) is 6.92 Å². The van der Waals surface area contributed by atoms with Gasteiger partial charge in [0.15, 0.2) is 0 Å². The Morgan fingerprint density at radius 1 is 0.893 bits per heavy atom. The van der Waals surface area contributed by atoms with Gasteiger partial charge in [-0.2, -0.15) is 0 Å². The van der Waals surface area contributed by atoms with E-state index in [0.29, 0.717) is 16.3 Å². The number of rotatable bonds is 5. The average Bonchev–Trinajstić information content (AvgIpc) is 2.70. The molecule has 0 aliphatic carbocycles. The number of amides is 1. The number of carbonyl (C=O) groups is 2. The molecule has 3 aromatic rings. The first-order valence-electron chi connectivity index (χ1n) is 8.63. The molecule has 1 N–H and O–H groups in total. The minimum absolute atomic E-state index is 0.232. The predicted molar refractivity (Wildman–Crippen MR) is 112 cm³/mol. The van der Waals surface area contributed by atoms with E-state index < -0.39 is 5.97 Å². The molecule has 3 rings (SSSR count). The van der Waals surface area contributed by atoms with Gasteiger partial charge in [0.1, 0.15) is 5.75 Å². The highest BCUT2D eigenvalue weighted by molar-refractivity contribution is 6.30. The van der Waals surface area contributed by atoms with Crippen LogP contribution in [0, 0.1) is 6.92 Å². The lowest BCUT2D eigenvalue weighted by Gasteiger charge is -2.06. The largest absolute Gasteiger partial charge is 0.423 e. The van der Waals surface area contributed by atoms with Gasteiger partial charge in [-0.25, -0.2) is 4.79 Å². The van der Waals surface area contributed by atoms with Crippen molar-refractivity contribution < 1.29 is 14.3 Å². The number of nitrogens with one attached hydrogen (secondary N) is 1. The molecule has 5 heteroatoms. The summed E-state index contributed by atoms with van der Waals surface area (Å²) in [6.45, 7) is 1.98. The van der Waals surface area contributed by atoms with Crippen molar-refractivity contribution in [1.29, 1.82) is 0 Å². The van der Waals surface area contributed by atoms with E-state index in [1.807, 2.05) is 31.2 Å². The zero-order valence-corrected chi connectivity index (χ0v) is 15.9. The summed E-state index contributed by atoms with van der Waals surface area (Å²) in [5.74, 6) is -0.381. The highest BCUT2D eigenvalue weighted by Crippen LogP contribution is 2.16. The molecule has 0 bridgehead atoms. The molecule has 1 amide bonds. The lowest BCUT2D eigenvalue weighted by Crippen LogP contribution is -2.12. The summed E-state index contributed by atoms with van der Waals surface area (Å²) in [4.78, 5) is 24.2. The lowest BCUT2D eigenvalue weighted by atomic mass is 10.2. The van der Waals surface area contributed by atoms with Crippen LogP contribution in [0.2, 0.25) is 5.02 Å². The summed E-state index contributed by atoms with van der Waals surface area (Å²) in [7, 11) is 0. The number of aryl methyl sites for hydroxylation is 1. The van der Waals surface area contributed by atoms with E-state index in [4.69, 9.17) is 16.3 Å². The van der Waals surface area contributed by atoms with E-state index in [2.05, 4.69) is 5.32 Å². The predicted octanol–water partition coefficient (Wildman–Crippen LogP) is 5.52. The molecule has 0 unspecified atom stereocenters. The normalized spacial score (nSPS) is 10.6. The molecule has 0 aliphatic rings. The van der Waals surface area contributed by atoms with Gasteiger partial charge in [-0.3, -0.25) is 4.79 Å². The fourth-order valence-corrected chi connectivity index (χ4v) is 2.53. The van der Waals surface area contributed by atoms with Crippen LogP contribution in [-0.4, -0.2) is 11.9 Å². The molecule has 140 valence electrons. The van der Waals surface area contributed by atoms with Gasteiger partial charge < -0.3 is 10.1 Å². The number of hydrogen-bond donors (Lipinski definition) is 1. The third kappa shape index (κ3) is 5.56. The lowest BCUT2D eigenvalue weighted by molar-refractivity contribution is -0.128. The zero-order chi connectivity index (χ0) is 19.9. The highest BCUT2D eigenvalue weighted by atomic mass is 35.5. The monoisotopic (exact) mass is 391 g/mol. The molecular weight excluding hydrogens is 374 g/mol. The van der Waals surface area contributed by atoms with Gasteiger partial charge in [-0.05, 0) is 67.1 Å². The van der Waals surface area contributed by atoms with E-state index in [-0.39, 0.29) is 5.91 Å². The molecule has 0 heterocycles. The van der Waals surface area contributed by atoms with Crippen LogP contribution in [0.15, 0.2) is 78.9 Å². The molecule has 0 radical (unpaired) electrons. The van der Waals surface area contributed by atoms with Crippen LogP contribution < -0.4 is 10.1 Å². The van der Waals surface area contributed by atoms with Gasteiger partial charge in [0.2, 0.25) is 0 Å². The molecule has 0 fully saturated rings. The number of ether oxygens (including phenoxy) is 1. The van der Waals surface area contributed by atoms with Crippen molar-refractivity contribution in [1.82, 2.24) is 0 Å². The van der Waals surface area contributed by atoms with Crippen LogP contribution in [0.3, 0.4) is 0 Å². The first-order valence-corrected chi connectivity index (χ1v) is 9.01. The minimum atomic E-state index is -0.508. The van der Waals surface area contributed by atoms with Crippen molar-refractivity contribution in [3.05, 3.63) is 101 Å². The first-order chi connectivity index (χ1) is 13.5. The third-order valence-electron chi connectivity index (χ3n) is 3.93. The molecule has 0 aromatic heterocycles. The number of esters is 1. The second kappa shape index (κ2) is 9.02. The van der Waals surface area contributed by atoms with E-state index in [1.165, 1.54) is 6.08 Å². The summed E-state index contributed by atoms with van der Waals surface area (Å²) in [6.07, 6.45) is 2.98. The van der Waals surface area contributed by atoms with Gasteiger partial charge >= 0.3 is 5.97 Å². The van der Waals surface area contributed by atoms with E-state index in [0.717, 1.165) is 16.8 Å². The SMILES string of the molecule is Cc1ccc(NC(=O)c2ccc(OC(=O)/C=C/c3ccc(Cl)cc3)cc2)cc1. The standard InChI is InChI=1S/C23H18ClNO3/c1-16-2-11-20(12-3-16)25-23(27)18-7-13-21(14-8-18)28-22(26)15-6-17-4-9-19(24)10-5-17/h2-15H,1H3,(H,25,27)/b15-6+. The first kappa shape index (κ1) is 19.4. The number of carbonyl (C=O) groups excluding carboxylic acids is 2. The van der Waals surface area contributed by atoms with Crippen molar-refractivity contribution in [2.75, 3.05) is 5.32 Å². The maximum Gasteiger partial charge on any atom is 0.336 e. The summed E-state index contributed by atoms with van der Waals surface area (Å²) in [5, 5.41) is 3.45. The molecule has 0 saturated carbocycles. The second-order valence-corrected chi connectivity index (χ2v) is 6.59. The minimum Gasteiger partial charge on any atom is -0.423 e. The Bertz CT molecular complexity index is 992. The van der Waals surface area contributed by atoms with Crippen LogP contribution in [-0.2, 0) is 4.79 Å². The van der Waals surface area contributed by atoms with Crippen molar-refractivity contribution in [3.8, 4) is 5.75 Å². The Hall–Kier alpha value is -3.37. The van der Waals surface area contributed by atoms with Gasteiger partial charge in [0.05, 0.1) is 0 Å². The summed E-state index contributed by atoms with van der Waals surface area (Å²) in [6, 6.07) is 21.0. The summed E-state index contributed by atoms with van der Waals surface area (Å²) in [5.41, 5.74) is 3.15. The Balaban J connectivity index is 1.57. The van der Waals surface area contributed by atoms with Crippen LogP contribution in [0.25, 0.3) is 6.08 Å². The smallest absolute Gasteiger partial charge is 0.336 e. The van der Waals surface area contributed by atoms with E-state index >= 15 is 0 Å². The van der Waals surface area contributed by atoms with Crippen LogP contribution in [0.1, 0.15) is 21.5 Å². The van der Waals surface area contributed by atoms with E-state index in [9.17, 15) is 9.59 Å². The molecule has 28 heavy (non-hydrogen) atoms. The zero-order valence-electron chi connectivity index (χ0n) is 15.2. The fourth-order valence-electron chi connectivity index (χ4n) is 2.40. The molecule has 0 aliphatic heterocycles. The maximum atomic E-state index is 12.3. The Morgan fingerprint density at radius 2 is 1.54 bits per heavy atom. The van der Waals surface area contributed by atoms with E-state index in [1.54, 1.807) is 54.6 Å². The van der Waals surface area contributed by atoms with Crippen molar-refractivity contribution >= 4 is 35.2 Å². The molecule has 4 nitrogen and oxygen atoms in total. The molecule has 0 saturated heterocycles. The number of anilines is 1. The average molecular weight is 392 g/mol. The number of benzene rings is 3. The van der Waals surface area contributed by atoms with Crippen LogP contribution in [0.4, 0.5) is 5.69 Å². The fraction of sp³-hybridized carbons (Fsp3) is 0.0435. The Morgan fingerprint density at radius 3 is 2.18 bits per heavy atom. The highest BCUT2D eigenvalue weighted by Gasteiger charge is 2.07. The quantitative estimate of drug-likeness (QED) is 0.354. The maximum absolute atomic E-state index is 12.3. The van der Waals surface area contributed by atoms with Gasteiger partial charge in [-0.1, -0.05) is 41.4 Å². The van der Waals surface area contributed by atoms with Gasteiger partial charge in [0.25, 0.3) is 5.91 Å². The van der Waals surface area contributed by atoms with Crippen LogP contribution in [0.5, 0.6) is 5.75 Å². The molecular formula is C23H18ClNO3. The third-order valence-corrected chi connectivity index (χ3v) is 4.18.